The van der Waals surface area contributed by atoms with Gasteiger partial charge in [-0.1, -0.05) is 64.0 Å². The summed E-state index contributed by atoms with van der Waals surface area (Å²) in [5.41, 5.74) is -0.144. The van der Waals surface area contributed by atoms with Gasteiger partial charge in [0.15, 0.2) is 0 Å². The lowest BCUT2D eigenvalue weighted by molar-refractivity contribution is -0.185. The average Bonchev–Trinajstić information content (AvgIpc) is 2.88. The van der Waals surface area contributed by atoms with Crippen LogP contribution in [0.1, 0.15) is 100 Å². The van der Waals surface area contributed by atoms with Crippen molar-refractivity contribution in [3.8, 4) is 5.75 Å². The van der Waals surface area contributed by atoms with Crippen LogP contribution < -0.4 is 4.74 Å². The van der Waals surface area contributed by atoms with Gasteiger partial charge in [-0.3, -0.25) is 0 Å². The lowest BCUT2D eigenvalue weighted by Gasteiger charge is -2.32. The fraction of sp³-hybridized carbons (Fsp3) is 0.600. The van der Waals surface area contributed by atoms with Crippen LogP contribution in [0.3, 0.4) is 0 Å². The SMILES string of the molecule is CC[C@H]1CC[C@H](CCC2CCC(c3ccc(C(F)(F)Oc4ccc(C(F)(F)F)cc4)cc3)CC2)CC1. The van der Waals surface area contributed by atoms with Crippen LogP contribution in [-0.2, 0) is 12.3 Å². The fourth-order valence-electron chi connectivity index (χ4n) is 6.05. The van der Waals surface area contributed by atoms with Crippen molar-refractivity contribution in [2.75, 3.05) is 0 Å². The molecule has 2 fully saturated rings. The van der Waals surface area contributed by atoms with Crippen LogP contribution in [0.25, 0.3) is 0 Å². The van der Waals surface area contributed by atoms with Gasteiger partial charge in [0.25, 0.3) is 0 Å². The summed E-state index contributed by atoms with van der Waals surface area (Å²) >= 11 is 0. The number of hydrogen-bond donors (Lipinski definition) is 0. The Hall–Kier alpha value is -2.11. The van der Waals surface area contributed by atoms with E-state index >= 15 is 0 Å². The van der Waals surface area contributed by atoms with Gasteiger partial charge in [-0.05, 0) is 91.3 Å². The molecule has 0 spiro atoms. The molecule has 1 nitrogen and oxygen atoms in total. The molecule has 0 N–H and O–H groups in total. The highest BCUT2D eigenvalue weighted by atomic mass is 19.4. The molecule has 2 aliphatic rings. The summed E-state index contributed by atoms with van der Waals surface area (Å²) in [6, 6.07) is 9.55. The molecule has 0 bridgehead atoms. The topological polar surface area (TPSA) is 9.23 Å². The molecule has 0 atom stereocenters. The van der Waals surface area contributed by atoms with Gasteiger partial charge in [0.1, 0.15) is 5.75 Å². The Kier molecular flexibility index (Phi) is 8.62. The molecule has 2 saturated carbocycles. The summed E-state index contributed by atoms with van der Waals surface area (Å²) in [6.45, 7) is 2.31. The van der Waals surface area contributed by atoms with E-state index in [4.69, 9.17) is 4.74 Å². The van der Waals surface area contributed by atoms with Gasteiger partial charge in [-0.15, -0.1) is 0 Å². The Labute approximate surface area is 211 Å². The Morgan fingerprint density at radius 3 is 1.61 bits per heavy atom. The molecule has 0 saturated heterocycles. The van der Waals surface area contributed by atoms with Crippen LogP contribution in [0.15, 0.2) is 48.5 Å². The number of rotatable bonds is 8. The highest BCUT2D eigenvalue weighted by Crippen LogP contribution is 2.41. The van der Waals surface area contributed by atoms with Gasteiger partial charge in [-0.2, -0.15) is 22.0 Å². The summed E-state index contributed by atoms with van der Waals surface area (Å²) < 4.78 is 72.1. The first-order valence-electron chi connectivity index (χ1n) is 13.5. The van der Waals surface area contributed by atoms with Gasteiger partial charge < -0.3 is 4.74 Å². The Morgan fingerprint density at radius 1 is 0.639 bits per heavy atom. The summed E-state index contributed by atoms with van der Waals surface area (Å²) in [5, 5.41) is 0. The first-order chi connectivity index (χ1) is 17.1. The van der Waals surface area contributed by atoms with Crippen molar-refractivity contribution in [2.45, 2.75) is 95.8 Å². The molecule has 0 unspecified atom stereocenters. The van der Waals surface area contributed by atoms with Crippen LogP contribution in [0, 0.1) is 17.8 Å². The summed E-state index contributed by atoms with van der Waals surface area (Å²) in [7, 11) is 0. The molecule has 198 valence electrons. The first-order valence-corrected chi connectivity index (χ1v) is 13.5. The molecule has 6 heteroatoms. The molecule has 0 amide bonds. The summed E-state index contributed by atoms with van der Waals surface area (Å²) in [4.78, 5) is 0. The second kappa shape index (κ2) is 11.5. The van der Waals surface area contributed by atoms with Crippen molar-refractivity contribution in [2.24, 2.45) is 17.8 Å². The monoisotopic (exact) mass is 508 g/mol. The van der Waals surface area contributed by atoms with Gasteiger partial charge >= 0.3 is 12.3 Å². The zero-order valence-corrected chi connectivity index (χ0v) is 21.0. The van der Waals surface area contributed by atoms with E-state index in [1.807, 2.05) is 0 Å². The number of hydrogen-bond acceptors (Lipinski definition) is 1. The highest BCUT2D eigenvalue weighted by Gasteiger charge is 2.36. The second-order valence-corrected chi connectivity index (χ2v) is 10.9. The molecular weight excluding hydrogens is 471 g/mol. The van der Waals surface area contributed by atoms with Crippen LogP contribution in [-0.4, -0.2) is 0 Å². The van der Waals surface area contributed by atoms with Crippen molar-refractivity contribution in [3.63, 3.8) is 0 Å². The number of benzene rings is 2. The maximum atomic E-state index is 14.6. The lowest BCUT2D eigenvalue weighted by Crippen LogP contribution is -2.22. The maximum Gasteiger partial charge on any atom is 0.426 e. The van der Waals surface area contributed by atoms with E-state index in [2.05, 4.69) is 6.92 Å². The van der Waals surface area contributed by atoms with Crippen molar-refractivity contribution in [1.29, 1.82) is 0 Å². The number of ether oxygens (including phenoxy) is 1. The third-order valence-corrected chi connectivity index (χ3v) is 8.52. The van der Waals surface area contributed by atoms with Crippen LogP contribution >= 0.6 is 0 Å². The molecule has 2 aliphatic carbocycles. The van der Waals surface area contributed by atoms with E-state index in [0.717, 1.165) is 60.4 Å². The predicted octanol–water partition coefficient (Wildman–Crippen LogP) is 10.1. The third kappa shape index (κ3) is 7.01. The van der Waals surface area contributed by atoms with E-state index in [9.17, 15) is 22.0 Å². The maximum absolute atomic E-state index is 14.6. The molecule has 36 heavy (non-hydrogen) atoms. The zero-order chi connectivity index (χ0) is 25.8. The van der Waals surface area contributed by atoms with E-state index in [-0.39, 0.29) is 11.3 Å². The molecule has 4 rings (SSSR count). The molecule has 2 aromatic rings. The van der Waals surface area contributed by atoms with Crippen LogP contribution in [0.2, 0.25) is 0 Å². The third-order valence-electron chi connectivity index (χ3n) is 8.52. The number of halogens is 5. The van der Waals surface area contributed by atoms with Gasteiger partial charge in [0.05, 0.1) is 11.1 Å². The van der Waals surface area contributed by atoms with Crippen molar-refractivity contribution in [1.82, 2.24) is 0 Å². The predicted molar refractivity (Wildman–Crippen MR) is 132 cm³/mol. The van der Waals surface area contributed by atoms with E-state index < -0.39 is 17.8 Å². The van der Waals surface area contributed by atoms with Gasteiger partial charge in [-0.25, -0.2) is 0 Å². The minimum atomic E-state index is -4.52. The number of alkyl halides is 5. The van der Waals surface area contributed by atoms with Crippen LogP contribution in [0.4, 0.5) is 22.0 Å². The van der Waals surface area contributed by atoms with E-state index in [1.54, 1.807) is 12.1 Å². The van der Waals surface area contributed by atoms with E-state index in [1.165, 1.54) is 69.9 Å². The molecular formula is C30H37F5O. The minimum Gasteiger partial charge on any atom is -0.429 e. The molecule has 0 heterocycles. The minimum absolute atomic E-state index is 0.308. The van der Waals surface area contributed by atoms with Gasteiger partial charge in [0.2, 0.25) is 0 Å². The van der Waals surface area contributed by atoms with Crippen molar-refractivity contribution < 1.29 is 26.7 Å². The Balaban J connectivity index is 1.25. The molecule has 0 aliphatic heterocycles. The van der Waals surface area contributed by atoms with E-state index in [0.29, 0.717) is 5.92 Å². The smallest absolute Gasteiger partial charge is 0.426 e. The Morgan fingerprint density at radius 2 is 1.11 bits per heavy atom. The van der Waals surface area contributed by atoms with Crippen LogP contribution in [0.5, 0.6) is 5.75 Å². The zero-order valence-electron chi connectivity index (χ0n) is 21.0. The second-order valence-electron chi connectivity index (χ2n) is 10.9. The summed E-state index contributed by atoms with van der Waals surface area (Å²) in [5.74, 6) is 2.71. The normalized spacial score (nSPS) is 25.5. The first kappa shape index (κ1) is 26.9. The molecule has 0 aromatic heterocycles. The van der Waals surface area contributed by atoms with Gasteiger partial charge in [0, 0.05) is 0 Å². The average molecular weight is 509 g/mol. The van der Waals surface area contributed by atoms with Crippen molar-refractivity contribution in [3.05, 3.63) is 65.2 Å². The highest BCUT2D eigenvalue weighted by molar-refractivity contribution is 5.31. The fourth-order valence-corrected chi connectivity index (χ4v) is 6.05. The quantitative estimate of drug-likeness (QED) is 0.322. The largest absolute Gasteiger partial charge is 0.429 e. The molecule has 0 radical (unpaired) electrons. The summed E-state index contributed by atoms with van der Waals surface area (Å²) in [6.07, 6.45) is 6.01. The lowest BCUT2D eigenvalue weighted by atomic mass is 9.74. The Bertz CT molecular complexity index is 935. The standard InChI is InChI=1S/C30H37F5O/c1-2-21-3-5-22(6-4-21)7-8-23-9-11-24(12-10-23)25-13-15-27(16-14-25)30(34,35)36-28-19-17-26(18-20-28)29(31,32)33/h13-24H,2-12H2,1H3/t21-,22-,23?,24?. The molecule has 2 aromatic carbocycles. The van der Waals surface area contributed by atoms with Crippen molar-refractivity contribution >= 4 is 0 Å².